The van der Waals surface area contributed by atoms with Crippen molar-refractivity contribution < 1.29 is 22.0 Å². The Morgan fingerprint density at radius 2 is 1.51 bits per heavy atom. The Bertz CT molecular complexity index is 1390. The molecule has 2 aliphatic carbocycles. The Hall–Kier alpha value is -3.20. The summed E-state index contributed by atoms with van der Waals surface area (Å²) in [5.41, 5.74) is 3.00. The summed E-state index contributed by atoms with van der Waals surface area (Å²) in [7, 11) is 0. The molecule has 1 atom stereocenters. The topological polar surface area (TPSA) is 23.8 Å². The zero-order valence-electron chi connectivity index (χ0n) is 22.1. The maximum absolute atomic E-state index is 15.7. The van der Waals surface area contributed by atoms with Gasteiger partial charge in [-0.25, -0.2) is 22.0 Å². The summed E-state index contributed by atoms with van der Waals surface area (Å²) in [5.74, 6) is -3.06. The van der Waals surface area contributed by atoms with Crippen molar-refractivity contribution in [1.29, 1.82) is 5.26 Å². The highest BCUT2D eigenvalue weighted by atomic mass is 19.1. The summed E-state index contributed by atoms with van der Waals surface area (Å²) in [6.07, 6.45) is 6.23. The van der Waals surface area contributed by atoms with Gasteiger partial charge in [0.2, 0.25) is 0 Å². The van der Waals surface area contributed by atoms with E-state index in [-0.39, 0.29) is 29.1 Å². The summed E-state index contributed by atoms with van der Waals surface area (Å²) in [4.78, 5) is 0. The van der Waals surface area contributed by atoms with Crippen LogP contribution in [0.15, 0.2) is 36.4 Å². The quantitative estimate of drug-likeness (QED) is 0.288. The van der Waals surface area contributed by atoms with E-state index >= 15 is 8.78 Å². The molecular weight excluding hydrogens is 505 g/mol. The van der Waals surface area contributed by atoms with Crippen LogP contribution in [0, 0.1) is 46.3 Å². The van der Waals surface area contributed by atoms with E-state index in [1.807, 2.05) is 19.1 Å². The molecule has 1 saturated carbocycles. The summed E-state index contributed by atoms with van der Waals surface area (Å²) < 4.78 is 73.6. The van der Waals surface area contributed by atoms with Crippen LogP contribution in [0.25, 0.3) is 0 Å². The fraction of sp³-hybridized carbons (Fsp3) is 0.424. The van der Waals surface area contributed by atoms with E-state index in [0.717, 1.165) is 24.8 Å². The first-order valence-corrected chi connectivity index (χ1v) is 13.9. The molecule has 0 heterocycles. The highest BCUT2D eigenvalue weighted by Gasteiger charge is 2.32. The third kappa shape index (κ3) is 5.60. The van der Waals surface area contributed by atoms with Gasteiger partial charge in [0.05, 0.1) is 0 Å². The van der Waals surface area contributed by atoms with Crippen molar-refractivity contribution in [2.45, 2.75) is 83.0 Å². The van der Waals surface area contributed by atoms with E-state index in [0.29, 0.717) is 67.2 Å². The molecule has 1 fully saturated rings. The molecule has 0 N–H and O–H groups in total. The third-order valence-electron chi connectivity index (χ3n) is 8.89. The Kier molecular flexibility index (Phi) is 8.07. The number of hydrogen-bond acceptors (Lipinski definition) is 1. The molecule has 2 aliphatic rings. The predicted octanol–water partition coefficient (Wildman–Crippen LogP) is 9.00. The first-order chi connectivity index (χ1) is 18.8. The second kappa shape index (κ2) is 11.5. The highest BCUT2D eigenvalue weighted by Crippen LogP contribution is 2.44. The van der Waals surface area contributed by atoms with Gasteiger partial charge in [-0.3, -0.25) is 0 Å². The van der Waals surface area contributed by atoms with Crippen LogP contribution in [0.2, 0.25) is 0 Å². The molecule has 0 spiro atoms. The lowest BCUT2D eigenvalue weighted by Gasteiger charge is -2.32. The molecule has 1 nitrogen and oxygen atoms in total. The maximum Gasteiger partial charge on any atom is 0.144 e. The van der Waals surface area contributed by atoms with Crippen molar-refractivity contribution in [3.63, 3.8) is 0 Å². The maximum atomic E-state index is 15.7. The van der Waals surface area contributed by atoms with Gasteiger partial charge < -0.3 is 0 Å². The zero-order valence-corrected chi connectivity index (χ0v) is 22.1. The van der Waals surface area contributed by atoms with Crippen LogP contribution in [0.4, 0.5) is 22.0 Å². The fourth-order valence-corrected chi connectivity index (χ4v) is 6.58. The number of benzene rings is 3. The molecule has 0 bridgehead atoms. The Morgan fingerprint density at radius 1 is 0.821 bits per heavy atom. The Labute approximate surface area is 226 Å². The number of aryl methyl sites for hydroxylation is 2. The Balaban J connectivity index is 1.25. The molecule has 0 aliphatic heterocycles. The Morgan fingerprint density at radius 3 is 2.15 bits per heavy atom. The standard InChI is InChI=1S/C33H32F5N/c1-2-19-3-6-22(28(34)14-19)7-4-20-5-12-26-25(13-20)17-31(37)32(33(26)38)23-10-8-21(9-11-23)24-15-29(35)27(18-39)30(36)16-24/h3,6,14-17,20-21,23H,2,4-5,7-13H2,1H3. The second-order valence-corrected chi connectivity index (χ2v) is 11.2. The summed E-state index contributed by atoms with van der Waals surface area (Å²) in [6.45, 7) is 1.99. The molecule has 0 saturated heterocycles. The normalized spacial score (nSPS) is 20.9. The molecular formula is C33H32F5N. The van der Waals surface area contributed by atoms with Crippen LogP contribution >= 0.6 is 0 Å². The minimum atomic E-state index is -0.876. The third-order valence-corrected chi connectivity index (χ3v) is 8.89. The van der Waals surface area contributed by atoms with Gasteiger partial charge >= 0.3 is 0 Å². The van der Waals surface area contributed by atoms with Gasteiger partial charge in [-0.1, -0.05) is 19.1 Å². The largest absolute Gasteiger partial charge is 0.207 e. The average Bonchev–Trinajstić information content (AvgIpc) is 2.92. The van der Waals surface area contributed by atoms with Crippen molar-refractivity contribution in [2.24, 2.45) is 5.92 Å². The summed E-state index contributed by atoms with van der Waals surface area (Å²) in [6, 6.07) is 10.8. The number of halogens is 5. The molecule has 0 radical (unpaired) electrons. The molecule has 1 unspecified atom stereocenters. The summed E-state index contributed by atoms with van der Waals surface area (Å²) >= 11 is 0. The van der Waals surface area contributed by atoms with Crippen molar-refractivity contribution in [3.05, 3.63) is 104 Å². The molecule has 0 amide bonds. The lowest BCUT2D eigenvalue weighted by Crippen LogP contribution is -2.21. The minimum Gasteiger partial charge on any atom is -0.207 e. The van der Waals surface area contributed by atoms with E-state index in [2.05, 4.69) is 0 Å². The smallest absolute Gasteiger partial charge is 0.144 e. The molecule has 204 valence electrons. The SMILES string of the molecule is CCc1ccc(CCC2CCc3c(cc(F)c(C4CCC(c5cc(F)c(C#N)c(F)c5)CC4)c3F)C2)c(F)c1. The minimum absolute atomic E-state index is 0.120. The summed E-state index contributed by atoms with van der Waals surface area (Å²) in [5, 5.41) is 8.90. The van der Waals surface area contributed by atoms with Gasteiger partial charge in [0.1, 0.15) is 40.7 Å². The van der Waals surface area contributed by atoms with E-state index in [4.69, 9.17) is 5.26 Å². The zero-order chi connectivity index (χ0) is 27.7. The monoisotopic (exact) mass is 537 g/mol. The van der Waals surface area contributed by atoms with Crippen LogP contribution in [-0.4, -0.2) is 0 Å². The van der Waals surface area contributed by atoms with Gasteiger partial charge in [-0.15, -0.1) is 0 Å². The first kappa shape index (κ1) is 27.4. The fourth-order valence-electron chi connectivity index (χ4n) is 6.58. The highest BCUT2D eigenvalue weighted by molar-refractivity contribution is 5.40. The number of rotatable bonds is 6. The molecule has 6 heteroatoms. The van der Waals surface area contributed by atoms with Crippen LogP contribution in [0.1, 0.15) is 96.2 Å². The van der Waals surface area contributed by atoms with Crippen molar-refractivity contribution >= 4 is 0 Å². The number of nitrogens with zero attached hydrogens (tertiary/aromatic N) is 1. The molecule has 0 aromatic heterocycles. The lowest BCUT2D eigenvalue weighted by atomic mass is 9.74. The van der Waals surface area contributed by atoms with Gasteiger partial charge in [0.25, 0.3) is 0 Å². The van der Waals surface area contributed by atoms with Crippen molar-refractivity contribution in [1.82, 2.24) is 0 Å². The average molecular weight is 538 g/mol. The van der Waals surface area contributed by atoms with Crippen LogP contribution in [-0.2, 0) is 25.7 Å². The second-order valence-electron chi connectivity index (χ2n) is 11.2. The van der Waals surface area contributed by atoms with E-state index in [1.54, 1.807) is 6.07 Å². The predicted molar refractivity (Wildman–Crippen MR) is 141 cm³/mol. The first-order valence-electron chi connectivity index (χ1n) is 13.9. The van der Waals surface area contributed by atoms with E-state index < -0.39 is 28.8 Å². The van der Waals surface area contributed by atoms with E-state index in [1.165, 1.54) is 24.3 Å². The lowest BCUT2D eigenvalue weighted by molar-refractivity contribution is 0.368. The van der Waals surface area contributed by atoms with Crippen LogP contribution < -0.4 is 0 Å². The van der Waals surface area contributed by atoms with E-state index in [9.17, 15) is 13.2 Å². The van der Waals surface area contributed by atoms with Crippen LogP contribution in [0.5, 0.6) is 0 Å². The van der Waals surface area contributed by atoms with Gasteiger partial charge in [0, 0.05) is 5.56 Å². The van der Waals surface area contributed by atoms with Crippen molar-refractivity contribution in [3.8, 4) is 6.07 Å². The van der Waals surface area contributed by atoms with Gasteiger partial charge in [-0.2, -0.15) is 5.26 Å². The van der Waals surface area contributed by atoms with Crippen molar-refractivity contribution in [2.75, 3.05) is 0 Å². The number of fused-ring (bicyclic) bond motifs is 1. The van der Waals surface area contributed by atoms with Gasteiger partial charge in [-0.05, 0) is 134 Å². The molecule has 39 heavy (non-hydrogen) atoms. The molecule has 3 aromatic rings. The molecule has 5 rings (SSSR count). The molecule has 3 aromatic carbocycles. The van der Waals surface area contributed by atoms with Gasteiger partial charge in [0.15, 0.2) is 0 Å². The number of hydrogen-bond donors (Lipinski definition) is 0. The number of nitriles is 1. The van der Waals surface area contributed by atoms with Crippen LogP contribution in [0.3, 0.4) is 0 Å².